The third-order valence-corrected chi connectivity index (χ3v) is 7.12. The van der Waals surface area contributed by atoms with Gasteiger partial charge < -0.3 is 5.11 Å². The lowest BCUT2D eigenvalue weighted by Crippen LogP contribution is -2.25. The summed E-state index contributed by atoms with van der Waals surface area (Å²) in [6.45, 7) is 2.32. The molecule has 3 aromatic rings. The van der Waals surface area contributed by atoms with Crippen LogP contribution in [-0.2, 0) is 29.2 Å². The molecule has 8 heteroatoms. The Morgan fingerprint density at radius 2 is 1.70 bits per heavy atom. The Balaban J connectivity index is 2.09. The van der Waals surface area contributed by atoms with Crippen molar-refractivity contribution in [2.45, 2.75) is 48.9 Å². The molecule has 0 bridgehead atoms. The van der Waals surface area contributed by atoms with E-state index in [9.17, 15) is 18.3 Å². The summed E-state index contributed by atoms with van der Waals surface area (Å²) in [7, 11) is -4.23. The van der Waals surface area contributed by atoms with Crippen molar-refractivity contribution in [1.82, 2.24) is 9.55 Å². The van der Waals surface area contributed by atoms with Crippen molar-refractivity contribution < 1.29 is 13.5 Å². The highest BCUT2D eigenvalue weighted by Crippen LogP contribution is 2.27. The maximum Gasteiger partial charge on any atom is 0.296 e. The van der Waals surface area contributed by atoms with E-state index in [4.69, 9.17) is 0 Å². The topological polar surface area (TPSA) is 89.3 Å². The van der Waals surface area contributed by atoms with Crippen LogP contribution in [-0.4, -0.2) is 23.1 Å². The monoisotopic (exact) mass is 490 g/mol. The van der Waals surface area contributed by atoms with E-state index in [1.807, 2.05) is 37.3 Å². The number of benzene rings is 2. The van der Waals surface area contributed by atoms with Crippen molar-refractivity contribution in [3.8, 4) is 5.88 Å². The molecule has 1 N–H and O–H groups in total. The van der Waals surface area contributed by atoms with Crippen LogP contribution in [0.1, 0.15) is 31.2 Å². The molecule has 1 heterocycles. The van der Waals surface area contributed by atoms with Crippen LogP contribution in [0.4, 0.5) is 0 Å². The fourth-order valence-electron chi connectivity index (χ4n) is 3.18. The Bertz CT molecular complexity index is 1170. The first-order valence-electron chi connectivity index (χ1n) is 9.72. The van der Waals surface area contributed by atoms with Gasteiger partial charge in [-0.15, -0.1) is 0 Å². The molecule has 0 radical (unpaired) electrons. The van der Waals surface area contributed by atoms with Crippen LogP contribution in [0, 0.1) is 0 Å². The number of unbranched alkanes of at least 4 members (excludes halogenated alkanes) is 1. The summed E-state index contributed by atoms with van der Waals surface area (Å²) in [4.78, 5) is 16.0. The van der Waals surface area contributed by atoms with Crippen LogP contribution < -0.4 is 5.56 Å². The Hall–Kier alpha value is -2.45. The number of rotatable bonds is 8. The van der Waals surface area contributed by atoms with Gasteiger partial charge in [-0.1, -0.05) is 59.6 Å². The predicted molar refractivity (Wildman–Crippen MR) is 119 cm³/mol. The summed E-state index contributed by atoms with van der Waals surface area (Å²) in [5, 5.41) is 10.9. The van der Waals surface area contributed by atoms with E-state index < -0.39 is 26.2 Å². The Morgan fingerprint density at radius 1 is 1.03 bits per heavy atom. The van der Waals surface area contributed by atoms with Gasteiger partial charge in [0.05, 0.1) is 4.90 Å². The van der Waals surface area contributed by atoms with Gasteiger partial charge in [0.15, 0.2) is 4.90 Å². The molecule has 3 rings (SSSR count). The molecular formula is C22H23BrN2O4S. The van der Waals surface area contributed by atoms with Gasteiger partial charge in [-0.25, -0.2) is 8.42 Å². The number of aromatic hydroxyl groups is 1. The van der Waals surface area contributed by atoms with E-state index in [-0.39, 0.29) is 4.90 Å². The number of halogens is 1. The van der Waals surface area contributed by atoms with Crippen molar-refractivity contribution >= 4 is 25.8 Å². The highest BCUT2D eigenvalue weighted by atomic mass is 79.9. The van der Waals surface area contributed by atoms with Gasteiger partial charge in [-0.3, -0.25) is 9.36 Å². The van der Waals surface area contributed by atoms with Gasteiger partial charge in [-0.05, 0) is 42.7 Å². The number of aryl methyl sites for hydroxylation is 2. The van der Waals surface area contributed by atoms with E-state index in [0.717, 1.165) is 18.4 Å². The Labute approximate surface area is 184 Å². The predicted octanol–water partition coefficient (Wildman–Crippen LogP) is 4.13. The van der Waals surface area contributed by atoms with Gasteiger partial charge in [0.2, 0.25) is 15.7 Å². The molecule has 0 saturated carbocycles. The first-order chi connectivity index (χ1) is 14.3. The minimum Gasteiger partial charge on any atom is -0.493 e. The number of hydrogen-bond donors (Lipinski definition) is 1. The van der Waals surface area contributed by atoms with E-state index in [1.165, 1.54) is 16.7 Å². The summed E-state index contributed by atoms with van der Waals surface area (Å²) in [6.07, 6.45) is 2.70. The molecule has 6 nitrogen and oxygen atoms in total. The van der Waals surface area contributed by atoms with E-state index in [2.05, 4.69) is 20.9 Å². The van der Waals surface area contributed by atoms with E-state index in [1.54, 1.807) is 12.1 Å². The number of aromatic nitrogens is 2. The number of nitrogens with zero attached hydrogens (tertiary/aromatic N) is 2. The largest absolute Gasteiger partial charge is 0.493 e. The number of sulfone groups is 1. The Morgan fingerprint density at radius 3 is 2.33 bits per heavy atom. The molecule has 1 aromatic heterocycles. The van der Waals surface area contributed by atoms with Gasteiger partial charge in [0.1, 0.15) is 5.82 Å². The average Bonchev–Trinajstić information content (AvgIpc) is 2.72. The van der Waals surface area contributed by atoms with Crippen LogP contribution in [0.25, 0.3) is 0 Å². The normalized spacial score (nSPS) is 11.5. The lowest BCUT2D eigenvalue weighted by molar-refractivity contribution is 0.379. The minimum atomic E-state index is -4.23. The summed E-state index contributed by atoms with van der Waals surface area (Å²) in [6, 6.07) is 15.6. The molecule has 0 atom stereocenters. The third-order valence-electron chi connectivity index (χ3n) is 4.81. The molecule has 0 spiro atoms. The smallest absolute Gasteiger partial charge is 0.296 e. The lowest BCUT2D eigenvalue weighted by atomic mass is 10.1. The summed E-state index contributed by atoms with van der Waals surface area (Å²) in [5.74, 6) is -0.162. The fourth-order valence-corrected chi connectivity index (χ4v) is 4.80. The van der Waals surface area contributed by atoms with Crippen molar-refractivity contribution in [1.29, 1.82) is 0 Å². The van der Waals surface area contributed by atoms with Gasteiger partial charge in [0, 0.05) is 17.4 Å². The van der Waals surface area contributed by atoms with Crippen LogP contribution in [0.15, 0.2) is 73.7 Å². The van der Waals surface area contributed by atoms with Crippen molar-refractivity contribution in [2.75, 3.05) is 0 Å². The van der Waals surface area contributed by atoms with Gasteiger partial charge in [0.25, 0.3) is 5.56 Å². The molecule has 0 fully saturated rings. The zero-order valence-electron chi connectivity index (χ0n) is 16.6. The van der Waals surface area contributed by atoms with E-state index >= 15 is 0 Å². The van der Waals surface area contributed by atoms with Crippen LogP contribution in [0.3, 0.4) is 0 Å². The first kappa shape index (κ1) is 22.2. The maximum absolute atomic E-state index is 13.1. The second-order valence-electron chi connectivity index (χ2n) is 6.93. The van der Waals surface area contributed by atoms with Crippen molar-refractivity contribution in [3.05, 3.63) is 80.8 Å². The fraction of sp³-hybridized carbons (Fsp3) is 0.273. The van der Waals surface area contributed by atoms with E-state index in [0.29, 0.717) is 29.7 Å². The number of hydrogen-bond acceptors (Lipinski definition) is 5. The first-order valence-corrected chi connectivity index (χ1v) is 12.0. The van der Waals surface area contributed by atoms with Crippen LogP contribution in [0.5, 0.6) is 5.88 Å². The highest BCUT2D eigenvalue weighted by molar-refractivity contribution is 9.10. The van der Waals surface area contributed by atoms with Crippen LogP contribution >= 0.6 is 15.9 Å². The highest BCUT2D eigenvalue weighted by Gasteiger charge is 2.29. The van der Waals surface area contributed by atoms with Crippen molar-refractivity contribution in [3.63, 3.8) is 0 Å². The summed E-state index contributed by atoms with van der Waals surface area (Å²) >= 11 is 3.26. The van der Waals surface area contributed by atoms with Gasteiger partial charge >= 0.3 is 0 Å². The quantitative estimate of drug-likeness (QED) is 0.512. The average molecular weight is 491 g/mol. The van der Waals surface area contributed by atoms with Crippen LogP contribution in [0.2, 0.25) is 0 Å². The molecule has 0 unspecified atom stereocenters. The molecule has 0 aliphatic heterocycles. The lowest BCUT2D eigenvalue weighted by Gasteiger charge is -2.17. The van der Waals surface area contributed by atoms with Crippen molar-refractivity contribution in [2.24, 2.45) is 0 Å². The molecule has 2 aromatic carbocycles. The molecule has 0 aliphatic rings. The second-order valence-corrected chi connectivity index (χ2v) is 9.74. The molecule has 158 valence electrons. The molecular weight excluding hydrogens is 468 g/mol. The maximum atomic E-state index is 13.1. The zero-order valence-corrected chi connectivity index (χ0v) is 19.0. The minimum absolute atomic E-state index is 0.0733. The molecule has 0 aliphatic carbocycles. The summed E-state index contributed by atoms with van der Waals surface area (Å²) < 4.78 is 28.4. The molecule has 0 amide bonds. The third kappa shape index (κ3) is 4.82. The SMILES string of the molecule is CCCCc1nc(=O)c(S(=O)(=O)c2ccc(Br)cc2)c(O)n1CCc1ccccc1. The zero-order chi connectivity index (χ0) is 21.7. The molecule has 30 heavy (non-hydrogen) atoms. The second kappa shape index (κ2) is 9.57. The van der Waals surface area contributed by atoms with Gasteiger partial charge in [-0.2, -0.15) is 4.98 Å². The summed E-state index contributed by atoms with van der Waals surface area (Å²) in [5.41, 5.74) is 0.104. The standard InChI is InChI=1S/C22H23BrN2O4S/c1-2-3-9-19-24-21(26)20(30(28,29)18-12-10-17(23)11-13-18)22(27)25(19)15-14-16-7-5-4-6-8-16/h4-8,10-13,27H,2-3,9,14-15H2,1H3. The Kier molecular flexibility index (Phi) is 7.10. The molecule has 0 saturated heterocycles.